The summed E-state index contributed by atoms with van der Waals surface area (Å²) in [5.74, 6) is -1.33. The molecule has 2 aromatic rings. The average Bonchev–Trinajstić information content (AvgIpc) is 3.00. The summed E-state index contributed by atoms with van der Waals surface area (Å²) in [4.78, 5) is 19.1. The predicted molar refractivity (Wildman–Crippen MR) is 97.8 cm³/mol. The Morgan fingerprint density at radius 1 is 1.50 bits per heavy atom. The quantitative estimate of drug-likeness (QED) is 0.939. The number of hydrogen-bond acceptors (Lipinski definition) is 2. The van der Waals surface area contributed by atoms with Gasteiger partial charge in [-0.05, 0) is 49.9 Å². The van der Waals surface area contributed by atoms with Crippen LogP contribution in [0, 0.1) is 5.92 Å². The minimum Gasteiger partial charge on any atom is -0.361 e. The minimum absolute atomic E-state index is 0.00520. The molecule has 24 heavy (non-hydrogen) atoms. The van der Waals surface area contributed by atoms with Crippen LogP contribution in [0.2, 0.25) is 0 Å². The monoisotopic (exact) mass is 332 g/mol. The number of carbonyl (C=O) groups excluding carboxylic acids is 1. The van der Waals surface area contributed by atoms with Gasteiger partial charge in [0, 0.05) is 51.0 Å². The fourth-order valence-corrected chi connectivity index (χ4v) is 3.82. The maximum absolute atomic E-state index is 13.3. The van der Waals surface area contributed by atoms with E-state index >= 15 is 0 Å². The third kappa shape index (κ3) is 2.20. The Bertz CT molecular complexity index is 1130. The molecule has 1 aromatic heterocycles. The van der Waals surface area contributed by atoms with Gasteiger partial charge in [-0.15, -0.1) is 0 Å². The number of amides is 1. The molecule has 2 atom stereocenters. The average molecular weight is 332 g/mol. The van der Waals surface area contributed by atoms with Crippen molar-refractivity contribution in [3.63, 3.8) is 0 Å². The lowest BCUT2D eigenvalue weighted by molar-refractivity contribution is -0.134. The first kappa shape index (κ1) is 8.34. The lowest BCUT2D eigenvalue weighted by Crippen LogP contribution is -2.47. The van der Waals surface area contributed by atoms with E-state index in [-0.39, 0.29) is 30.8 Å². The molecule has 1 amide bonds. The molecular formula is C20H25N3O. The van der Waals surface area contributed by atoms with Gasteiger partial charge in [0.1, 0.15) is 0 Å². The molecule has 0 saturated heterocycles. The minimum atomic E-state index is -2.50. The third-order valence-electron chi connectivity index (χ3n) is 5.05. The van der Waals surface area contributed by atoms with Gasteiger partial charge in [-0.1, -0.05) is 18.2 Å². The maximum Gasteiger partial charge on any atom is 0.230 e. The molecule has 0 spiro atoms. The van der Waals surface area contributed by atoms with Crippen molar-refractivity contribution in [3.05, 3.63) is 41.5 Å². The van der Waals surface area contributed by atoms with Crippen LogP contribution in [0.25, 0.3) is 16.5 Å². The number of likely N-dealkylation sites (N-methyl/N-ethyl adjacent to an activating group) is 1. The number of nitrogens with zero attached hydrogens (tertiary/aromatic N) is 2. The molecule has 0 bridgehead atoms. The second-order valence-corrected chi connectivity index (χ2v) is 6.39. The Balaban J connectivity index is 1.79. The summed E-state index contributed by atoms with van der Waals surface area (Å²) >= 11 is 0. The molecule has 1 aliphatic heterocycles. The molecule has 1 N–H and O–H groups in total. The number of carbonyl (C=O) groups is 1. The summed E-state index contributed by atoms with van der Waals surface area (Å²) in [5, 5.41) is 0.701. The van der Waals surface area contributed by atoms with Crippen molar-refractivity contribution in [2.75, 3.05) is 26.7 Å². The highest BCUT2D eigenvalue weighted by molar-refractivity contribution is 5.99. The molecule has 0 saturated carbocycles. The molecule has 1 aromatic carbocycles. The number of aromatic nitrogens is 1. The van der Waals surface area contributed by atoms with Crippen LogP contribution in [0.4, 0.5) is 0 Å². The Morgan fingerprint density at radius 2 is 2.33 bits per heavy atom. The van der Waals surface area contributed by atoms with Crippen molar-refractivity contribution in [2.24, 2.45) is 5.92 Å². The third-order valence-corrected chi connectivity index (χ3v) is 5.05. The number of nitrogens with one attached hydrogen (secondary N) is 1. The number of aromatic amines is 1. The zero-order valence-electron chi connectivity index (χ0n) is 22.4. The molecule has 0 unspecified atom stereocenters. The predicted octanol–water partition coefficient (Wildman–Crippen LogP) is 2.91. The normalized spacial score (nSPS) is 29.5. The van der Waals surface area contributed by atoms with Crippen molar-refractivity contribution >= 4 is 22.4 Å². The van der Waals surface area contributed by atoms with E-state index in [2.05, 4.69) is 4.98 Å². The van der Waals surface area contributed by atoms with Crippen molar-refractivity contribution < 1.29 is 17.1 Å². The van der Waals surface area contributed by atoms with Crippen LogP contribution in [0.3, 0.4) is 0 Å². The molecule has 0 radical (unpaired) electrons. The van der Waals surface area contributed by atoms with E-state index in [9.17, 15) is 4.79 Å². The highest BCUT2D eigenvalue weighted by Crippen LogP contribution is 2.40. The van der Waals surface area contributed by atoms with E-state index in [1.807, 2.05) is 11.9 Å². The highest BCUT2D eigenvalue weighted by Gasteiger charge is 2.36. The number of benzene rings is 1. The Morgan fingerprint density at radius 3 is 3.12 bits per heavy atom. The largest absolute Gasteiger partial charge is 0.361 e. The number of hydrogen-bond donors (Lipinski definition) is 1. The van der Waals surface area contributed by atoms with Crippen molar-refractivity contribution in [2.45, 2.75) is 26.2 Å². The highest BCUT2D eigenvalue weighted by atomic mass is 16.2. The first-order chi connectivity index (χ1) is 15.2. The zero-order valence-corrected chi connectivity index (χ0v) is 13.4. The van der Waals surface area contributed by atoms with Crippen LogP contribution in [-0.4, -0.2) is 53.4 Å². The molecule has 1 aliphatic carbocycles. The van der Waals surface area contributed by atoms with Crippen molar-refractivity contribution in [1.82, 2.24) is 14.8 Å². The van der Waals surface area contributed by atoms with Crippen LogP contribution in [0.5, 0.6) is 0 Å². The van der Waals surface area contributed by atoms with Crippen molar-refractivity contribution in [3.8, 4) is 0 Å². The number of rotatable bonds is 3. The zero-order chi connectivity index (χ0) is 24.5. The fraction of sp³-hybridized carbons (Fsp3) is 0.450. The standard InChI is InChI=1S/C20H25N3O/c1-4-23(5-2)20(24)14-9-16-15-7-6-8-17-19(15)13(11-21-17)10-18(16)22(3)12-14/h6-9,11,14,18,21H,4-5,10,12H2,1-3H3/t14-,18-/m1/s1/i1D3,2D3,6D,8D,11D. The number of fused-ring (bicyclic) bond motifs is 2. The molecule has 4 rings (SSSR count). The fourth-order valence-electron chi connectivity index (χ4n) is 3.82. The Kier molecular flexibility index (Phi) is 2.01. The van der Waals surface area contributed by atoms with E-state index < -0.39 is 38.6 Å². The Labute approximate surface area is 155 Å². The summed E-state index contributed by atoms with van der Waals surface area (Å²) in [7, 11) is 1.83. The van der Waals surface area contributed by atoms with Gasteiger partial charge in [0.15, 0.2) is 0 Å². The molecule has 4 nitrogen and oxygen atoms in total. The van der Waals surface area contributed by atoms with Crippen LogP contribution in [-0.2, 0) is 11.2 Å². The molecule has 2 heterocycles. The van der Waals surface area contributed by atoms with Crippen molar-refractivity contribution in [1.29, 1.82) is 0 Å². The smallest absolute Gasteiger partial charge is 0.230 e. The summed E-state index contributed by atoms with van der Waals surface area (Å²) in [5.41, 5.74) is 2.63. The summed E-state index contributed by atoms with van der Waals surface area (Å²) in [6.45, 7) is -6.04. The van der Waals surface area contributed by atoms with E-state index in [4.69, 9.17) is 12.3 Å². The van der Waals surface area contributed by atoms with Gasteiger partial charge < -0.3 is 9.88 Å². The van der Waals surface area contributed by atoms with Gasteiger partial charge in [0.2, 0.25) is 5.91 Å². The lowest BCUT2D eigenvalue weighted by atomic mass is 9.79. The van der Waals surface area contributed by atoms with Crippen LogP contribution in [0.1, 0.15) is 37.2 Å². The topological polar surface area (TPSA) is 39.3 Å². The number of H-pyrrole nitrogens is 1. The van der Waals surface area contributed by atoms with Crippen LogP contribution < -0.4 is 0 Å². The van der Waals surface area contributed by atoms with Gasteiger partial charge >= 0.3 is 0 Å². The Hall–Kier alpha value is -2.07. The second-order valence-electron chi connectivity index (χ2n) is 6.39. The van der Waals surface area contributed by atoms with Gasteiger partial charge in [-0.3, -0.25) is 9.69 Å². The summed E-state index contributed by atoms with van der Waals surface area (Å²) < 4.78 is 69.9. The summed E-state index contributed by atoms with van der Waals surface area (Å²) in [6.07, 6.45) is 2.45. The van der Waals surface area contributed by atoms with E-state index in [0.717, 1.165) is 16.0 Å². The molecule has 126 valence electrons. The van der Waals surface area contributed by atoms with Gasteiger partial charge in [0.05, 0.1) is 10.0 Å². The first-order valence-electron chi connectivity index (χ1n) is 12.5. The molecular weight excluding hydrogens is 298 g/mol. The van der Waals surface area contributed by atoms with E-state index in [0.29, 0.717) is 22.9 Å². The molecule has 0 fully saturated rings. The van der Waals surface area contributed by atoms with Gasteiger partial charge in [-0.25, -0.2) is 0 Å². The van der Waals surface area contributed by atoms with Gasteiger partial charge in [0.25, 0.3) is 0 Å². The SMILES string of the molecule is [2H]c1cc2c3c(c([2H])[nH]c3c1[2H])C[C@@H]1C2=C[C@@H](C(=O)N(CC([2H])([2H])[2H])CC([2H])([2H])[2H])CN1C. The van der Waals surface area contributed by atoms with Crippen LogP contribution in [0.15, 0.2) is 30.4 Å². The second kappa shape index (κ2) is 5.78. The first-order valence-corrected chi connectivity index (χ1v) is 7.99. The maximum atomic E-state index is 13.3. The lowest BCUT2D eigenvalue weighted by Gasteiger charge is -2.40. The molecule has 4 heteroatoms. The van der Waals surface area contributed by atoms with Gasteiger partial charge in [-0.2, -0.15) is 0 Å². The van der Waals surface area contributed by atoms with E-state index in [1.54, 1.807) is 12.1 Å². The van der Waals surface area contributed by atoms with Crippen LogP contribution >= 0.6 is 0 Å². The molecule has 2 aliphatic rings. The summed E-state index contributed by atoms with van der Waals surface area (Å²) in [6, 6.07) is 1.42. The van der Waals surface area contributed by atoms with E-state index in [1.165, 1.54) is 0 Å².